The van der Waals surface area contributed by atoms with Crippen molar-refractivity contribution in [2.45, 2.75) is 45.8 Å². The lowest BCUT2D eigenvalue weighted by Gasteiger charge is -2.23. The van der Waals surface area contributed by atoms with Crippen LogP contribution in [0.3, 0.4) is 0 Å². The second-order valence-corrected chi connectivity index (χ2v) is 8.78. The van der Waals surface area contributed by atoms with Crippen LogP contribution >= 0.6 is 0 Å². The molecule has 70 valence electrons. The lowest BCUT2D eigenvalue weighted by Crippen LogP contribution is -2.28. The summed E-state index contributed by atoms with van der Waals surface area (Å²) in [5.41, 5.74) is 3.65. The summed E-state index contributed by atoms with van der Waals surface area (Å²) in [5, 5.41) is 0. The van der Waals surface area contributed by atoms with Crippen LogP contribution in [0.2, 0.25) is 18.1 Å². The first kappa shape index (κ1) is 11.7. The van der Waals surface area contributed by atoms with Gasteiger partial charge in [-0.2, -0.15) is 0 Å². The molecule has 0 radical (unpaired) electrons. The molecule has 0 aliphatic rings. The van der Waals surface area contributed by atoms with Crippen LogP contribution in [0.15, 0.2) is 23.9 Å². The first-order valence-corrected chi connectivity index (χ1v) is 7.64. The number of rotatable bonds is 5. The average Bonchev–Trinajstić information content (AvgIpc) is 2.08. The molecular formula is C11H22Si. The van der Waals surface area contributed by atoms with Crippen molar-refractivity contribution in [3.63, 3.8) is 0 Å². The minimum atomic E-state index is -1.02. The Morgan fingerprint density at radius 2 is 1.58 bits per heavy atom. The number of hydrogen-bond donors (Lipinski definition) is 0. The first-order valence-electron chi connectivity index (χ1n) is 4.95. The second-order valence-electron chi connectivity index (χ2n) is 3.60. The largest absolute Gasteiger partial charge is 0.0961 e. The van der Waals surface area contributed by atoms with E-state index in [1.807, 2.05) is 0 Å². The van der Waals surface area contributed by atoms with Crippen LogP contribution in [0.5, 0.6) is 0 Å². The fraction of sp³-hybridized carbons (Fsp3) is 0.636. The van der Waals surface area contributed by atoms with Gasteiger partial charge in [0.2, 0.25) is 0 Å². The fourth-order valence-electron chi connectivity index (χ4n) is 1.42. The van der Waals surface area contributed by atoms with E-state index < -0.39 is 8.07 Å². The zero-order chi connectivity index (χ0) is 9.61. The molecule has 0 atom stereocenters. The van der Waals surface area contributed by atoms with E-state index in [0.29, 0.717) is 0 Å². The predicted molar refractivity (Wildman–Crippen MR) is 61.2 cm³/mol. The summed E-state index contributed by atoms with van der Waals surface area (Å²) in [6.07, 6.45) is 2.21. The van der Waals surface area contributed by atoms with Crippen molar-refractivity contribution in [2.75, 3.05) is 0 Å². The summed E-state index contributed by atoms with van der Waals surface area (Å²) >= 11 is 0. The molecule has 12 heavy (non-hydrogen) atoms. The Kier molecular flexibility index (Phi) is 5.23. The highest BCUT2D eigenvalue weighted by Crippen LogP contribution is 2.21. The minimum absolute atomic E-state index is 1.02. The number of allylic oxidation sites excluding steroid dienone is 2. The molecule has 0 aromatic rings. The monoisotopic (exact) mass is 182 g/mol. The van der Waals surface area contributed by atoms with Gasteiger partial charge < -0.3 is 0 Å². The van der Waals surface area contributed by atoms with Crippen molar-refractivity contribution in [1.29, 1.82) is 0 Å². The van der Waals surface area contributed by atoms with Crippen LogP contribution in [0.1, 0.15) is 27.7 Å². The van der Waals surface area contributed by atoms with Gasteiger partial charge in [0.25, 0.3) is 0 Å². The summed E-state index contributed by atoms with van der Waals surface area (Å²) in [7, 11) is -1.02. The van der Waals surface area contributed by atoms with Gasteiger partial charge in [0.15, 0.2) is 0 Å². The van der Waals surface area contributed by atoms with Crippen LogP contribution in [-0.4, -0.2) is 8.07 Å². The van der Waals surface area contributed by atoms with Crippen molar-refractivity contribution in [3.05, 3.63) is 23.9 Å². The van der Waals surface area contributed by atoms with Crippen molar-refractivity contribution < 1.29 is 0 Å². The molecule has 0 nitrogen and oxygen atoms in total. The zero-order valence-electron chi connectivity index (χ0n) is 8.98. The maximum absolute atomic E-state index is 3.90. The molecule has 0 amide bonds. The fourth-order valence-corrected chi connectivity index (χ4v) is 4.27. The zero-order valence-corrected chi connectivity index (χ0v) is 9.98. The Bertz CT molecular complexity index is 156. The van der Waals surface area contributed by atoms with Crippen molar-refractivity contribution in [2.24, 2.45) is 0 Å². The standard InChI is InChI=1S/C11H22Si/c1-6-12(7-2,8-3)10-9-11(4)5/h9-10H,4,6-8H2,1-3,5H3/b10-9+. The predicted octanol–water partition coefficient (Wildman–Crippen LogP) is 4.17. The van der Waals surface area contributed by atoms with E-state index in [4.69, 9.17) is 0 Å². The van der Waals surface area contributed by atoms with Gasteiger partial charge >= 0.3 is 0 Å². The molecule has 0 bridgehead atoms. The van der Waals surface area contributed by atoms with Crippen molar-refractivity contribution in [3.8, 4) is 0 Å². The topological polar surface area (TPSA) is 0 Å². The van der Waals surface area contributed by atoms with Gasteiger partial charge in [0, 0.05) is 0 Å². The second kappa shape index (κ2) is 5.36. The first-order chi connectivity index (χ1) is 5.60. The Labute approximate surface area is 78.4 Å². The summed E-state index contributed by atoms with van der Waals surface area (Å²) in [6, 6.07) is 4.09. The molecule has 0 aliphatic carbocycles. The lowest BCUT2D eigenvalue weighted by atomic mass is 10.4. The molecule has 0 heterocycles. The van der Waals surface area contributed by atoms with E-state index in [1.54, 1.807) is 0 Å². The average molecular weight is 182 g/mol. The van der Waals surface area contributed by atoms with Crippen LogP contribution in [-0.2, 0) is 0 Å². The molecule has 0 saturated carbocycles. The van der Waals surface area contributed by atoms with E-state index in [2.05, 4.69) is 46.0 Å². The van der Waals surface area contributed by atoms with Crippen molar-refractivity contribution in [1.82, 2.24) is 0 Å². The lowest BCUT2D eigenvalue weighted by molar-refractivity contribution is 1.19. The highest BCUT2D eigenvalue weighted by molar-refractivity contribution is 6.84. The molecular weight excluding hydrogens is 160 g/mol. The maximum Gasteiger partial charge on any atom is 0.0770 e. The van der Waals surface area contributed by atoms with Crippen molar-refractivity contribution >= 4 is 8.07 Å². The summed E-state index contributed by atoms with van der Waals surface area (Å²) in [4.78, 5) is 0. The molecule has 0 N–H and O–H groups in total. The molecule has 0 unspecified atom stereocenters. The summed E-state index contributed by atoms with van der Waals surface area (Å²) in [5.74, 6) is 0. The summed E-state index contributed by atoms with van der Waals surface area (Å²) in [6.45, 7) is 12.9. The third-order valence-corrected chi connectivity index (χ3v) is 7.93. The minimum Gasteiger partial charge on any atom is -0.0961 e. The Morgan fingerprint density at radius 3 is 1.83 bits per heavy atom. The highest BCUT2D eigenvalue weighted by atomic mass is 28.3. The Morgan fingerprint density at radius 1 is 1.17 bits per heavy atom. The van der Waals surface area contributed by atoms with Crippen LogP contribution in [0, 0.1) is 0 Å². The Balaban J connectivity index is 4.39. The molecule has 0 aliphatic heterocycles. The molecule has 0 rings (SSSR count). The van der Waals surface area contributed by atoms with E-state index in [9.17, 15) is 0 Å². The van der Waals surface area contributed by atoms with E-state index in [-0.39, 0.29) is 0 Å². The Hall–Kier alpha value is -0.303. The van der Waals surface area contributed by atoms with E-state index in [1.165, 1.54) is 23.7 Å². The van der Waals surface area contributed by atoms with Gasteiger partial charge in [0.1, 0.15) is 0 Å². The van der Waals surface area contributed by atoms with Gasteiger partial charge in [-0.15, -0.1) is 0 Å². The molecule has 0 aromatic heterocycles. The van der Waals surface area contributed by atoms with Crippen LogP contribution in [0.25, 0.3) is 0 Å². The van der Waals surface area contributed by atoms with E-state index >= 15 is 0 Å². The normalized spacial score (nSPS) is 12.3. The molecule has 1 heteroatoms. The highest BCUT2D eigenvalue weighted by Gasteiger charge is 2.22. The van der Waals surface area contributed by atoms with Crippen LogP contribution in [0.4, 0.5) is 0 Å². The van der Waals surface area contributed by atoms with Gasteiger partial charge in [-0.3, -0.25) is 0 Å². The van der Waals surface area contributed by atoms with Gasteiger partial charge in [0.05, 0.1) is 8.07 Å². The smallest absolute Gasteiger partial charge is 0.0770 e. The van der Waals surface area contributed by atoms with E-state index in [0.717, 1.165) is 0 Å². The summed E-state index contributed by atoms with van der Waals surface area (Å²) < 4.78 is 0. The molecule has 0 spiro atoms. The molecule has 0 aromatic carbocycles. The third kappa shape index (κ3) is 3.40. The van der Waals surface area contributed by atoms with Gasteiger partial charge in [-0.25, -0.2) is 0 Å². The van der Waals surface area contributed by atoms with Crippen LogP contribution < -0.4 is 0 Å². The molecule has 0 saturated heterocycles. The SMILES string of the molecule is C=C(C)/C=C/[Si](CC)(CC)CC. The van der Waals surface area contributed by atoms with Gasteiger partial charge in [-0.1, -0.05) is 62.8 Å². The maximum atomic E-state index is 3.90. The molecule has 0 fully saturated rings. The third-order valence-electron chi connectivity index (χ3n) is 2.83. The quantitative estimate of drug-likeness (QED) is 0.442. The number of hydrogen-bond acceptors (Lipinski definition) is 0. The van der Waals surface area contributed by atoms with Gasteiger partial charge in [-0.05, 0) is 6.92 Å².